The van der Waals surface area contributed by atoms with Crippen molar-refractivity contribution in [3.8, 4) is 6.01 Å². The van der Waals surface area contributed by atoms with Crippen LogP contribution in [0.5, 0.6) is 6.01 Å². The van der Waals surface area contributed by atoms with E-state index >= 15 is 0 Å². The molecular weight excluding hydrogens is 206 g/mol. The molecule has 5 nitrogen and oxygen atoms in total. The summed E-state index contributed by atoms with van der Waals surface area (Å²) in [6, 6.07) is 1.88. The van der Waals surface area contributed by atoms with Crippen molar-refractivity contribution in [2.75, 3.05) is 0 Å². The molecule has 0 saturated heterocycles. The molecule has 0 fully saturated rings. The fourth-order valence-corrected chi connectivity index (χ4v) is 1.26. The minimum Gasteiger partial charge on any atom is -0.391 e. The first-order chi connectivity index (χ1) is 7.79. The highest BCUT2D eigenvalue weighted by Crippen LogP contribution is 2.12. The van der Waals surface area contributed by atoms with E-state index in [1.54, 1.807) is 24.7 Å². The van der Waals surface area contributed by atoms with E-state index < -0.39 is 0 Å². The molecule has 0 bridgehead atoms. The summed E-state index contributed by atoms with van der Waals surface area (Å²) in [6.07, 6.45) is 5.99. The Kier molecular flexibility index (Phi) is 3.05. The van der Waals surface area contributed by atoms with Crippen molar-refractivity contribution in [2.24, 2.45) is 0 Å². The lowest BCUT2D eigenvalue weighted by atomic mass is 10.3. The van der Waals surface area contributed by atoms with Gasteiger partial charge in [-0.1, -0.05) is 6.92 Å². The monoisotopic (exact) mass is 217 g/mol. The summed E-state index contributed by atoms with van der Waals surface area (Å²) in [4.78, 5) is 23.2. The standard InChI is InChI=1S/C11H11N3O2/c1-2-3-10(15)16-11-13-6-8-4-5-12-7-9(8)14-11/h4-7H,2-3H2,1H3. The average Bonchev–Trinajstić information content (AvgIpc) is 2.29. The Morgan fingerprint density at radius 2 is 2.31 bits per heavy atom. The normalized spacial score (nSPS) is 10.3. The zero-order valence-corrected chi connectivity index (χ0v) is 8.88. The number of nitrogens with zero attached hydrogens (tertiary/aromatic N) is 3. The maximum absolute atomic E-state index is 11.2. The largest absolute Gasteiger partial charge is 0.391 e. The third-order valence-corrected chi connectivity index (χ3v) is 2.02. The van der Waals surface area contributed by atoms with E-state index in [1.807, 2.05) is 6.92 Å². The van der Waals surface area contributed by atoms with Crippen LogP contribution in [-0.4, -0.2) is 20.9 Å². The van der Waals surface area contributed by atoms with Gasteiger partial charge in [0.2, 0.25) is 0 Å². The molecule has 0 aromatic carbocycles. The summed E-state index contributed by atoms with van der Waals surface area (Å²) < 4.78 is 4.97. The third kappa shape index (κ3) is 2.31. The molecule has 0 amide bonds. The molecular formula is C11H11N3O2. The highest BCUT2D eigenvalue weighted by Gasteiger charge is 2.06. The van der Waals surface area contributed by atoms with E-state index in [0.717, 1.165) is 11.8 Å². The number of pyridine rings is 1. The van der Waals surface area contributed by atoms with Gasteiger partial charge in [0.15, 0.2) is 0 Å². The van der Waals surface area contributed by atoms with E-state index in [4.69, 9.17) is 4.74 Å². The molecule has 2 heterocycles. The van der Waals surface area contributed by atoms with Gasteiger partial charge in [0.05, 0.1) is 11.7 Å². The molecule has 0 atom stereocenters. The Labute approximate surface area is 92.5 Å². The number of esters is 1. The minimum atomic E-state index is -0.314. The number of rotatable bonds is 3. The van der Waals surface area contributed by atoms with E-state index in [0.29, 0.717) is 11.9 Å². The van der Waals surface area contributed by atoms with E-state index in [9.17, 15) is 4.79 Å². The van der Waals surface area contributed by atoms with Crippen LogP contribution >= 0.6 is 0 Å². The Balaban J connectivity index is 2.22. The maximum atomic E-state index is 11.2. The van der Waals surface area contributed by atoms with Crippen LogP contribution in [0.1, 0.15) is 19.8 Å². The fraction of sp³-hybridized carbons (Fsp3) is 0.273. The molecule has 0 spiro atoms. The molecule has 0 saturated carbocycles. The molecule has 5 heteroatoms. The Morgan fingerprint density at radius 1 is 1.44 bits per heavy atom. The predicted octanol–water partition coefficient (Wildman–Crippen LogP) is 1.73. The van der Waals surface area contributed by atoms with Gasteiger partial charge in [0.25, 0.3) is 0 Å². The second-order valence-corrected chi connectivity index (χ2v) is 3.31. The number of hydrogen-bond donors (Lipinski definition) is 0. The van der Waals surface area contributed by atoms with Gasteiger partial charge in [0.1, 0.15) is 0 Å². The van der Waals surface area contributed by atoms with Crippen LogP contribution in [0.2, 0.25) is 0 Å². The van der Waals surface area contributed by atoms with E-state index in [-0.39, 0.29) is 12.0 Å². The number of carbonyl (C=O) groups excluding carboxylic acids is 1. The van der Waals surface area contributed by atoms with Crippen LogP contribution in [0.4, 0.5) is 0 Å². The molecule has 0 aliphatic heterocycles. The molecule has 16 heavy (non-hydrogen) atoms. The van der Waals surface area contributed by atoms with Crippen molar-refractivity contribution in [1.82, 2.24) is 15.0 Å². The number of carbonyl (C=O) groups is 1. The van der Waals surface area contributed by atoms with Gasteiger partial charge >= 0.3 is 12.0 Å². The quantitative estimate of drug-likeness (QED) is 0.732. The van der Waals surface area contributed by atoms with E-state index in [2.05, 4.69) is 15.0 Å². The first-order valence-electron chi connectivity index (χ1n) is 5.07. The third-order valence-electron chi connectivity index (χ3n) is 2.02. The van der Waals surface area contributed by atoms with Crippen molar-refractivity contribution in [3.05, 3.63) is 24.7 Å². The highest BCUT2D eigenvalue weighted by atomic mass is 16.5. The summed E-state index contributed by atoms with van der Waals surface area (Å²) >= 11 is 0. The van der Waals surface area contributed by atoms with Gasteiger partial charge in [-0.05, 0) is 12.5 Å². The van der Waals surface area contributed by atoms with Gasteiger partial charge < -0.3 is 4.74 Å². The molecule has 0 aliphatic rings. The predicted molar refractivity (Wildman–Crippen MR) is 57.9 cm³/mol. The van der Waals surface area contributed by atoms with Crippen molar-refractivity contribution in [1.29, 1.82) is 0 Å². The van der Waals surface area contributed by atoms with Gasteiger partial charge in [0, 0.05) is 24.2 Å². The van der Waals surface area contributed by atoms with E-state index in [1.165, 1.54) is 0 Å². The number of aromatic nitrogens is 3. The number of ether oxygens (including phenoxy) is 1. The minimum absolute atomic E-state index is 0.0824. The van der Waals surface area contributed by atoms with Crippen molar-refractivity contribution in [3.63, 3.8) is 0 Å². The molecule has 0 N–H and O–H groups in total. The first kappa shape index (κ1) is 10.5. The summed E-state index contributed by atoms with van der Waals surface area (Å²) in [7, 11) is 0. The molecule has 82 valence electrons. The zero-order valence-electron chi connectivity index (χ0n) is 8.88. The number of hydrogen-bond acceptors (Lipinski definition) is 5. The van der Waals surface area contributed by atoms with Crippen molar-refractivity contribution < 1.29 is 9.53 Å². The molecule has 0 radical (unpaired) electrons. The summed E-state index contributed by atoms with van der Waals surface area (Å²) in [6.45, 7) is 1.91. The van der Waals surface area contributed by atoms with Crippen LogP contribution in [-0.2, 0) is 4.79 Å². The summed E-state index contributed by atoms with van der Waals surface area (Å²) in [5.74, 6) is -0.314. The van der Waals surface area contributed by atoms with Crippen LogP contribution in [0.15, 0.2) is 24.7 Å². The Morgan fingerprint density at radius 3 is 3.12 bits per heavy atom. The Hall–Kier alpha value is -2.04. The molecule has 2 aromatic rings. The van der Waals surface area contributed by atoms with Gasteiger partial charge in [-0.25, -0.2) is 4.98 Å². The second-order valence-electron chi connectivity index (χ2n) is 3.31. The van der Waals surface area contributed by atoms with Crippen molar-refractivity contribution in [2.45, 2.75) is 19.8 Å². The number of fused-ring (bicyclic) bond motifs is 1. The smallest absolute Gasteiger partial charge is 0.324 e. The highest BCUT2D eigenvalue weighted by molar-refractivity contribution is 5.77. The van der Waals surface area contributed by atoms with Gasteiger partial charge in [-0.15, -0.1) is 0 Å². The van der Waals surface area contributed by atoms with Crippen LogP contribution in [0, 0.1) is 0 Å². The fourth-order valence-electron chi connectivity index (χ4n) is 1.26. The van der Waals surface area contributed by atoms with Crippen LogP contribution in [0.25, 0.3) is 10.9 Å². The molecule has 2 rings (SSSR count). The van der Waals surface area contributed by atoms with Crippen molar-refractivity contribution >= 4 is 16.9 Å². The van der Waals surface area contributed by atoms with Gasteiger partial charge in [-0.2, -0.15) is 4.98 Å². The SMILES string of the molecule is CCCC(=O)Oc1ncc2ccncc2n1. The molecule has 0 aliphatic carbocycles. The van der Waals surface area contributed by atoms with Crippen LogP contribution < -0.4 is 4.74 Å². The van der Waals surface area contributed by atoms with Gasteiger partial charge in [-0.3, -0.25) is 9.78 Å². The average molecular weight is 217 g/mol. The Bertz CT molecular complexity index is 513. The molecule has 2 aromatic heterocycles. The second kappa shape index (κ2) is 4.65. The van der Waals surface area contributed by atoms with Crippen LogP contribution in [0.3, 0.4) is 0 Å². The zero-order chi connectivity index (χ0) is 11.4. The summed E-state index contributed by atoms with van der Waals surface area (Å²) in [5.41, 5.74) is 0.664. The lowest BCUT2D eigenvalue weighted by Gasteiger charge is -2.01. The summed E-state index contributed by atoms with van der Waals surface area (Å²) in [5, 5.41) is 0.866. The lowest BCUT2D eigenvalue weighted by Crippen LogP contribution is -2.09. The first-order valence-corrected chi connectivity index (χ1v) is 5.07. The lowest BCUT2D eigenvalue weighted by molar-refractivity contribution is -0.134. The maximum Gasteiger partial charge on any atom is 0.324 e. The molecule has 0 unspecified atom stereocenters. The topological polar surface area (TPSA) is 65.0 Å².